The van der Waals surface area contributed by atoms with Gasteiger partial charge in [-0.2, -0.15) is 0 Å². The first kappa shape index (κ1) is 20.9. The number of carboxylic acids is 1. The summed E-state index contributed by atoms with van der Waals surface area (Å²) in [4.78, 5) is 10.8. The standard InChI is InChI=1S/C21H25ClO5/c1-4-25-19-13-16(6-8-20(23)24)12-18(22)21(19)27-10-9-26-17-7-5-14(2)15(3)11-17/h5,7,11-13H,4,6,8-10H2,1-3H3,(H,23,24). The van der Waals surface area contributed by atoms with E-state index in [0.717, 1.165) is 11.3 Å². The Bertz CT molecular complexity index is 788. The van der Waals surface area contributed by atoms with Crippen molar-refractivity contribution in [3.8, 4) is 17.2 Å². The van der Waals surface area contributed by atoms with Crippen LogP contribution in [-0.2, 0) is 11.2 Å². The Morgan fingerprint density at radius 1 is 1.04 bits per heavy atom. The van der Waals surface area contributed by atoms with Gasteiger partial charge < -0.3 is 19.3 Å². The van der Waals surface area contributed by atoms with Gasteiger partial charge in [-0.05, 0) is 68.1 Å². The number of aliphatic carboxylic acids is 1. The largest absolute Gasteiger partial charge is 0.490 e. The number of aryl methyl sites for hydroxylation is 3. The summed E-state index contributed by atoms with van der Waals surface area (Å²) < 4.78 is 17.1. The summed E-state index contributed by atoms with van der Waals surface area (Å²) in [5.74, 6) is 0.896. The van der Waals surface area contributed by atoms with Gasteiger partial charge in [0, 0.05) is 6.42 Å². The number of rotatable bonds is 10. The third kappa shape index (κ3) is 6.36. The fraction of sp³-hybridized carbons (Fsp3) is 0.381. The van der Waals surface area contributed by atoms with Crippen LogP contribution in [0.15, 0.2) is 30.3 Å². The van der Waals surface area contributed by atoms with Crippen molar-refractivity contribution >= 4 is 17.6 Å². The van der Waals surface area contributed by atoms with Crippen molar-refractivity contribution in [3.05, 3.63) is 52.0 Å². The molecular formula is C21H25ClO5. The minimum atomic E-state index is -0.854. The molecule has 0 radical (unpaired) electrons. The minimum absolute atomic E-state index is 0.0336. The van der Waals surface area contributed by atoms with E-state index in [1.165, 1.54) is 11.1 Å². The lowest BCUT2D eigenvalue weighted by molar-refractivity contribution is -0.136. The highest BCUT2D eigenvalue weighted by molar-refractivity contribution is 6.32. The summed E-state index contributed by atoms with van der Waals surface area (Å²) in [6.07, 6.45) is 0.414. The second-order valence-corrected chi connectivity index (χ2v) is 6.58. The van der Waals surface area contributed by atoms with Gasteiger partial charge >= 0.3 is 5.97 Å². The molecule has 2 aromatic carbocycles. The van der Waals surface area contributed by atoms with Crippen molar-refractivity contribution in [1.29, 1.82) is 0 Å². The fourth-order valence-electron chi connectivity index (χ4n) is 2.53. The van der Waals surface area contributed by atoms with E-state index in [2.05, 4.69) is 6.92 Å². The summed E-state index contributed by atoms with van der Waals surface area (Å²) in [7, 11) is 0. The van der Waals surface area contributed by atoms with Crippen LogP contribution >= 0.6 is 11.6 Å². The highest BCUT2D eigenvalue weighted by atomic mass is 35.5. The van der Waals surface area contributed by atoms with Gasteiger partial charge in [0.05, 0.1) is 11.6 Å². The van der Waals surface area contributed by atoms with E-state index in [1.807, 2.05) is 32.0 Å². The maximum Gasteiger partial charge on any atom is 0.303 e. The summed E-state index contributed by atoms with van der Waals surface area (Å²) in [6.45, 7) is 7.09. The molecule has 0 aromatic heterocycles. The first-order valence-corrected chi connectivity index (χ1v) is 9.28. The van der Waals surface area contributed by atoms with E-state index in [-0.39, 0.29) is 6.42 Å². The zero-order valence-electron chi connectivity index (χ0n) is 15.9. The van der Waals surface area contributed by atoms with E-state index < -0.39 is 5.97 Å². The van der Waals surface area contributed by atoms with Crippen LogP contribution < -0.4 is 14.2 Å². The highest BCUT2D eigenvalue weighted by Gasteiger charge is 2.13. The summed E-state index contributed by atoms with van der Waals surface area (Å²) in [6, 6.07) is 9.43. The van der Waals surface area contributed by atoms with Crippen molar-refractivity contribution in [2.45, 2.75) is 33.6 Å². The number of carbonyl (C=O) groups is 1. The SMILES string of the molecule is CCOc1cc(CCC(=O)O)cc(Cl)c1OCCOc1ccc(C)c(C)c1. The molecule has 6 heteroatoms. The third-order valence-corrected chi connectivity index (χ3v) is 4.35. The molecule has 0 heterocycles. The number of hydrogen-bond donors (Lipinski definition) is 1. The summed E-state index contributed by atoms with van der Waals surface area (Å²) in [5, 5.41) is 9.23. The van der Waals surface area contributed by atoms with Gasteiger partial charge in [0.2, 0.25) is 0 Å². The molecule has 0 fully saturated rings. The van der Waals surface area contributed by atoms with E-state index >= 15 is 0 Å². The van der Waals surface area contributed by atoms with Crippen LogP contribution in [0.3, 0.4) is 0 Å². The van der Waals surface area contributed by atoms with Gasteiger partial charge in [0.1, 0.15) is 19.0 Å². The Balaban J connectivity index is 1.99. The molecule has 0 amide bonds. The predicted molar refractivity (Wildman–Crippen MR) is 105 cm³/mol. The molecule has 2 aromatic rings. The number of carboxylic acid groups (broad SMARTS) is 1. The van der Waals surface area contributed by atoms with E-state index in [1.54, 1.807) is 12.1 Å². The van der Waals surface area contributed by atoms with Crippen LogP contribution in [0.1, 0.15) is 30.0 Å². The van der Waals surface area contributed by atoms with E-state index in [4.69, 9.17) is 30.9 Å². The van der Waals surface area contributed by atoms with Gasteiger partial charge in [0.15, 0.2) is 11.5 Å². The maximum atomic E-state index is 10.8. The number of halogens is 1. The normalized spacial score (nSPS) is 10.5. The zero-order chi connectivity index (χ0) is 19.8. The maximum absolute atomic E-state index is 10.8. The van der Waals surface area contributed by atoms with Crippen molar-refractivity contribution in [1.82, 2.24) is 0 Å². The lowest BCUT2D eigenvalue weighted by atomic mass is 10.1. The Hall–Kier alpha value is -2.40. The summed E-state index contributed by atoms with van der Waals surface area (Å²) in [5.41, 5.74) is 3.19. The molecule has 27 heavy (non-hydrogen) atoms. The van der Waals surface area contributed by atoms with Crippen LogP contribution in [0.4, 0.5) is 0 Å². The van der Waals surface area contributed by atoms with E-state index in [9.17, 15) is 4.79 Å². The minimum Gasteiger partial charge on any atom is -0.490 e. The Labute approximate surface area is 164 Å². The molecule has 0 aliphatic rings. The van der Waals surface area contributed by atoms with Crippen LogP contribution in [0.2, 0.25) is 5.02 Å². The number of ether oxygens (including phenoxy) is 3. The second kappa shape index (κ2) is 10.1. The average Bonchev–Trinajstić information content (AvgIpc) is 2.61. The predicted octanol–water partition coefficient (Wildman–Crippen LogP) is 4.83. The fourth-order valence-corrected chi connectivity index (χ4v) is 2.81. The Kier molecular flexibility index (Phi) is 7.80. The lowest BCUT2D eigenvalue weighted by Crippen LogP contribution is -2.10. The molecule has 0 unspecified atom stereocenters. The average molecular weight is 393 g/mol. The smallest absolute Gasteiger partial charge is 0.303 e. The van der Waals surface area contributed by atoms with Gasteiger partial charge in [-0.15, -0.1) is 0 Å². The molecular weight excluding hydrogens is 368 g/mol. The van der Waals surface area contributed by atoms with Gasteiger partial charge in [0.25, 0.3) is 0 Å². The zero-order valence-corrected chi connectivity index (χ0v) is 16.6. The van der Waals surface area contributed by atoms with Gasteiger partial charge in [-0.25, -0.2) is 0 Å². The second-order valence-electron chi connectivity index (χ2n) is 6.17. The van der Waals surface area contributed by atoms with Crippen LogP contribution in [-0.4, -0.2) is 30.9 Å². The summed E-state index contributed by atoms with van der Waals surface area (Å²) >= 11 is 6.33. The van der Waals surface area contributed by atoms with Crippen LogP contribution in [0, 0.1) is 13.8 Å². The number of benzene rings is 2. The third-order valence-electron chi connectivity index (χ3n) is 4.07. The topological polar surface area (TPSA) is 65.0 Å². The molecule has 5 nitrogen and oxygen atoms in total. The molecule has 0 saturated heterocycles. The quantitative estimate of drug-likeness (QED) is 0.586. The van der Waals surface area contributed by atoms with E-state index in [0.29, 0.717) is 42.8 Å². The Morgan fingerprint density at radius 2 is 1.78 bits per heavy atom. The molecule has 0 bridgehead atoms. The molecule has 0 atom stereocenters. The molecule has 2 rings (SSSR count). The van der Waals surface area contributed by atoms with Gasteiger partial charge in [-0.1, -0.05) is 17.7 Å². The van der Waals surface area contributed by atoms with Crippen molar-refractivity contribution in [2.24, 2.45) is 0 Å². The van der Waals surface area contributed by atoms with Crippen molar-refractivity contribution in [3.63, 3.8) is 0 Å². The molecule has 1 N–H and O–H groups in total. The molecule has 0 spiro atoms. The van der Waals surface area contributed by atoms with Crippen molar-refractivity contribution in [2.75, 3.05) is 19.8 Å². The monoisotopic (exact) mass is 392 g/mol. The van der Waals surface area contributed by atoms with Crippen LogP contribution in [0.25, 0.3) is 0 Å². The lowest BCUT2D eigenvalue weighted by Gasteiger charge is -2.15. The Morgan fingerprint density at radius 3 is 2.44 bits per heavy atom. The first-order chi connectivity index (χ1) is 12.9. The molecule has 0 saturated carbocycles. The van der Waals surface area contributed by atoms with Crippen LogP contribution in [0.5, 0.6) is 17.2 Å². The molecule has 0 aliphatic carbocycles. The highest BCUT2D eigenvalue weighted by Crippen LogP contribution is 2.37. The van der Waals surface area contributed by atoms with Crippen molar-refractivity contribution < 1.29 is 24.1 Å². The van der Waals surface area contributed by atoms with Gasteiger partial charge in [-0.3, -0.25) is 4.79 Å². The first-order valence-electron chi connectivity index (χ1n) is 8.90. The molecule has 0 aliphatic heterocycles. The number of hydrogen-bond acceptors (Lipinski definition) is 4. The molecule has 146 valence electrons.